The van der Waals surface area contributed by atoms with E-state index in [2.05, 4.69) is 143 Å². The molecule has 0 radical (unpaired) electrons. The van der Waals surface area contributed by atoms with Crippen LogP contribution in [0.5, 0.6) is 0 Å². The number of rotatable bonds is 4. The average Bonchev–Trinajstić information content (AvgIpc) is 3.77. The molecule has 0 aliphatic heterocycles. The van der Waals surface area contributed by atoms with Crippen molar-refractivity contribution in [1.82, 2.24) is 9.13 Å². The highest BCUT2D eigenvalue weighted by Crippen LogP contribution is 2.66. The molecule has 0 spiro atoms. The summed E-state index contributed by atoms with van der Waals surface area (Å²) in [5.41, 5.74) is 11.8. The molecule has 17 rings (SSSR count). The Morgan fingerprint density at radius 3 is 0.883 bits per heavy atom. The van der Waals surface area contributed by atoms with E-state index < -0.39 is 0 Å². The fourth-order valence-corrected chi connectivity index (χ4v) is 16.9. The summed E-state index contributed by atoms with van der Waals surface area (Å²) in [6, 6.07) is 52.2. The zero-order valence-corrected chi connectivity index (χ0v) is 34.5. The zero-order chi connectivity index (χ0) is 38.9. The van der Waals surface area contributed by atoms with Gasteiger partial charge in [0.05, 0.1) is 22.1 Å². The standard InChI is InChI=1S/C58H52N2/c1-5-13-51-43(9-1)44-10-2-6-14-52(44)59(51)41-17-19-47-49(27-41)55(57-29-35-21-36(30-57)23-37(22-35)31-57)48-20-18-42(60-53-15-7-3-11-45(53)46-12-4-8-16-54(46)60)28-50(48)56(47)58-32-38-24-39(33-58)26-40(25-38)34-58/h1-20,27-28,35-40H,21-26,29-34H2. The van der Waals surface area contributed by atoms with Crippen LogP contribution in [0.2, 0.25) is 0 Å². The van der Waals surface area contributed by atoms with Crippen molar-refractivity contribution in [2.75, 3.05) is 0 Å². The average molecular weight is 777 g/mol. The fraction of sp³-hybridized carbons (Fsp3) is 0.345. The molecule has 0 unspecified atom stereocenters. The van der Waals surface area contributed by atoms with Crippen LogP contribution in [-0.4, -0.2) is 9.13 Å². The third kappa shape index (κ3) is 4.40. The van der Waals surface area contributed by atoms with Crippen molar-refractivity contribution in [3.05, 3.63) is 145 Å². The molecule has 60 heavy (non-hydrogen) atoms. The van der Waals surface area contributed by atoms with E-state index in [9.17, 15) is 0 Å². The van der Waals surface area contributed by atoms with Gasteiger partial charge in [-0.2, -0.15) is 0 Å². The van der Waals surface area contributed by atoms with Crippen LogP contribution in [0.1, 0.15) is 88.2 Å². The number of hydrogen-bond acceptors (Lipinski definition) is 0. The number of aromatic nitrogens is 2. The van der Waals surface area contributed by atoms with Crippen LogP contribution < -0.4 is 0 Å². The first-order valence-electron chi connectivity index (χ1n) is 23.6. The SMILES string of the molecule is c1ccc2c(c1)c1ccccc1n2-c1ccc2c(C34CC5CC(CC(C5)C3)C4)c3cc(-n4c5ccccc5c5ccccc54)ccc3c(C34CC5CC(CC(C5)C3)C4)c2c1. The normalized spacial score (nSPS) is 30.3. The predicted molar refractivity (Wildman–Crippen MR) is 250 cm³/mol. The first-order chi connectivity index (χ1) is 29.6. The molecule has 0 atom stereocenters. The third-order valence-electron chi connectivity index (χ3n) is 17.9. The van der Waals surface area contributed by atoms with Crippen molar-refractivity contribution in [1.29, 1.82) is 0 Å². The number of benzene rings is 7. The molecule has 2 aromatic heterocycles. The van der Waals surface area contributed by atoms with Gasteiger partial charge in [-0.05, 0) is 205 Å². The Bertz CT molecular complexity index is 2900. The molecular weight excluding hydrogens is 725 g/mol. The molecule has 8 fully saturated rings. The van der Waals surface area contributed by atoms with E-state index in [0.717, 1.165) is 35.5 Å². The summed E-state index contributed by atoms with van der Waals surface area (Å²) in [4.78, 5) is 0. The monoisotopic (exact) mass is 776 g/mol. The highest BCUT2D eigenvalue weighted by molar-refractivity contribution is 6.13. The summed E-state index contributed by atoms with van der Waals surface area (Å²) < 4.78 is 5.18. The van der Waals surface area contributed by atoms with Crippen molar-refractivity contribution in [2.45, 2.75) is 87.9 Å². The van der Waals surface area contributed by atoms with Crippen molar-refractivity contribution in [3.8, 4) is 11.4 Å². The molecule has 8 aliphatic carbocycles. The Kier molecular flexibility index (Phi) is 6.52. The second kappa shape index (κ2) is 11.7. The summed E-state index contributed by atoms with van der Waals surface area (Å²) in [5.74, 6) is 5.26. The van der Waals surface area contributed by atoms with Gasteiger partial charge in [0, 0.05) is 32.9 Å². The molecular formula is C58H52N2. The molecule has 0 amide bonds. The van der Waals surface area contributed by atoms with Crippen LogP contribution in [0.15, 0.2) is 133 Å². The first-order valence-corrected chi connectivity index (χ1v) is 23.6. The molecule has 7 aromatic carbocycles. The minimum Gasteiger partial charge on any atom is -0.309 e. The highest BCUT2D eigenvalue weighted by atomic mass is 15.0. The summed E-state index contributed by atoms with van der Waals surface area (Å²) in [5, 5.41) is 11.7. The number of para-hydroxylation sites is 4. The Morgan fingerprint density at radius 1 is 0.300 bits per heavy atom. The van der Waals surface area contributed by atoms with Crippen molar-refractivity contribution >= 4 is 65.2 Å². The van der Waals surface area contributed by atoms with E-state index in [4.69, 9.17) is 0 Å². The molecule has 8 saturated carbocycles. The lowest BCUT2D eigenvalue weighted by atomic mass is 9.46. The van der Waals surface area contributed by atoms with Gasteiger partial charge in [0.25, 0.3) is 0 Å². The summed E-state index contributed by atoms with van der Waals surface area (Å²) in [6.45, 7) is 0. The fourth-order valence-electron chi connectivity index (χ4n) is 16.9. The first kappa shape index (κ1) is 33.4. The Hall–Kier alpha value is -5.34. The summed E-state index contributed by atoms with van der Waals surface area (Å²) in [6.07, 6.45) is 17.0. The minimum atomic E-state index is 0.235. The van der Waals surface area contributed by atoms with Crippen molar-refractivity contribution in [2.24, 2.45) is 35.5 Å². The zero-order valence-electron chi connectivity index (χ0n) is 34.5. The maximum Gasteiger partial charge on any atom is 0.0541 e. The van der Waals surface area contributed by atoms with E-state index in [0.29, 0.717) is 0 Å². The van der Waals surface area contributed by atoms with Crippen LogP contribution in [-0.2, 0) is 10.8 Å². The molecule has 9 aromatic rings. The molecule has 8 bridgehead atoms. The van der Waals surface area contributed by atoms with Crippen LogP contribution >= 0.6 is 0 Å². The summed E-state index contributed by atoms with van der Waals surface area (Å²) in [7, 11) is 0. The topological polar surface area (TPSA) is 9.86 Å². The quantitative estimate of drug-likeness (QED) is 0.158. The van der Waals surface area contributed by atoms with Crippen LogP contribution in [0.3, 0.4) is 0 Å². The van der Waals surface area contributed by atoms with Gasteiger partial charge in [0.15, 0.2) is 0 Å². The van der Waals surface area contributed by atoms with E-state index in [1.165, 1.54) is 132 Å². The van der Waals surface area contributed by atoms with Crippen LogP contribution in [0, 0.1) is 35.5 Å². The van der Waals surface area contributed by atoms with Gasteiger partial charge in [-0.3, -0.25) is 0 Å². The van der Waals surface area contributed by atoms with Crippen LogP contribution in [0.4, 0.5) is 0 Å². The van der Waals surface area contributed by atoms with Crippen LogP contribution in [0.25, 0.3) is 76.5 Å². The largest absolute Gasteiger partial charge is 0.309 e. The Morgan fingerprint density at radius 2 is 0.583 bits per heavy atom. The number of hydrogen-bond donors (Lipinski definition) is 0. The van der Waals surface area contributed by atoms with Crippen molar-refractivity contribution < 1.29 is 0 Å². The molecule has 2 heterocycles. The third-order valence-corrected chi connectivity index (χ3v) is 17.9. The molecule has 2 nitrogen and oxygen atoms in total. The Balaban J connectivity index is 1.08. The predicted octanol–water partition coefficient (Wildman–Crippen LogP) is 15.1. The van der Waals surface area contributed by atoms with Gasteiger partial charge in [0.1, 0.15) is 0 Å². The minimum absolute atomic E-state index is 0.235. The smallest absolute Gasteiger partial charge is 0.0541 e. The maximum atomic E-state index is 2.71. The van der Waals surface area contributed by atoms with Crippen molar-refractivity contribution in [3.63, 3.8) is 0 Å². The molecule has 0 saturated heterocycles. The maximum absolute atomic E-state index is 2.71. The second-order valence-electron chi connectivity index (χ2n) is 21.3. The lowest BCUT2D eigenvalue weighted by molar-refractivity contribution is -0.00493. The molecule has 294 valence electrons. The summed E-state index contributed by atoms with van der Waals surface area (Å²) >= 11 is 0. The van der Waals surface area contributed by atoms with Gasteiger partial charge >= 0.3 is 0 Å². The van der Waals surface area contributed by atoms with E-state index in [1.807, 2.05) is 0 Å². The van der Waals surface area contributed by atoms with Gasteiger partial charge in [-0.1, -0.05) is 84.9 Å². The van der Waals surface area contributed by atoms with Gasteiger partial charge in [-0.15, -0.1) is 0 Å². The van der Waals surface area contributed by atoms with E-state index in [-0.39, 0.29) is 10.8 Å². The number of nitrogens with zero attached hydrogens (tertiary/aromatic N) is 2. The molecule has 2 heteroatoms. The Labute approximate surface area is 352 Å². The molecule has 8 aliphatic rings. The number of fused-ring (bicyclic) bond motifs is 8. The van der Waals surface area contributed by atoms with Gasteiger partial charge in [0.2, 0.25) is 0 Å². The molecule has 0 N–H and O–H groups in total. The van der Waals surface area contributed by atoms with Gasteiger partial charge < -0.3 is 9.13 Å². The van der Waals surface area contributed by atoms with E-state index >= 15 is 0 Å². The van der Waals surface area contributed by atoms with E-state index in [1.54, 1.807) is 32.7 Å². The highest BCUT2D eigenvalue weighted by Gasteiger charge is 2.55. The van der Waals surface area contributed by atoms with Gasteiger partial charge in [-0.25, -0.2) is 0 Å². The lowest BCUT2D eigenvalue weighted by Crippen LogP contribution is -2.49. The second-order valence-corrected chi connectivity index (χ2v) is 21.3. The lowest BCUT2D eigenvalue weighted by Gasteiger charge is -2.59.